The van der Waals surface area contributed by atoms with Crippen molar-refractivity contribution in [1.29, 1.82) is 0 Å². The molecule has 2 aromatic carbocycles. The fourth-order valence-electron chi connectivity index (χ4n) is 2.89. The Morgan fingerprint density at radius 3 is 2.85 bits per heavy atom. The zero-order valence-electron chi connectivity index (χ0n) is 15.6. The highest BCUT2D eigenvalue weighted by Gasteiger charge is 2.15. The lowest BCUT2D eigenvalue weighted by molar-refractivity contribution is 0.0946. The van der Waals surface area contributed by atoms with Gasteiger partial charge in [0.05, 0.1) is 0 Å². The van der Waals surface area contributed by atoms with Gasteiger partial charge in [0, 0.05) is 28.9 Å². The van der Waals surface area contributed by atoms with Crippen LogP contribution in [0, 0.1) is 12.7 Å². The Labute approximate surface area is 163 Å². The van der Waals surface area contributed by atoms with Gasteiger partial charge in [-0.1, -0.05) is 37.4 Å². The van der Waals surface area contributed by atoms with E-state index in [1.165, 1.54) is 25.0 Å². The molecule has 0 saturated carbocycles. The molecular weight excluding hydrogens is 361 g/mol. The van der Waals surface area contributed by atoms with Crippen molar-refractivity contribution in [3.05, 3.63) is 65.1 Å². The van der Waals surface area contributed by atoms with Crippen molar-refractivity contribution < 1.29 is 9.18 Å². The Morgan fingerprint density at radius 2 is 2.07 bits per heavy atom. The minimum atomic E-state index is -0.305. The predicted octanol–water partition coefficient (Wildman–Crippen LogP) is 5.41. The fourth-order valence-corrected chi connectivity index (χ4v) is 3.71. The van der Waals surface area contributed by atoms with Crippen LogP contribution in [0.5, 0.6) is 0 Å². The first-order chi connectivity index (χ1) is 13.1. The number of carbonyl (C=O) groups is 1. The van der Waals surface area contributed by atoms with Gasteiger partial charge in [0.15, 0.2) is 0 Å². The van der Waals surface area contributed by atoms with Gasteiger partial charge in [-0.05, 0) is 54.8 Å². The molecular formula is C21H24FN3OS. The number of aromatic amines is 1. The van der Waals surface area contributed by atoms with E-state index in [0.717, 1.165) is 33.5 Å². The molecule has 4 nitrogen and oxygen atoms in total. The summed E-state index contributed by atoms with van der Waals surface area (Å²) in [5, 5.41) is 3.87. The molecule has 0 fully saturated rings. The highest BCUT2D eigenvalue weighted by molar-refractivity contribution is 8.00. The molecule has 0 radical (unpaired) electrons. The number of nitrogens with one attached hydrogen (secondary N) is 3. The third-order valence-electron chi connectivity index (χ3n) is 4.42. The van der Waals surface area contributed by atoms with Crippen LogP contribution in [0.15, 0.2) is 42.5 Å². The molecule has 0 aliphatic heterocycles. The number of hydrogen-bond donors (Lipinski definition) is 3. The summed E-state index contributed by atoms with van der Waals surface area (Å²) < 4.78 is 16.6. The van der Waals surface area contributed by atoms with E-state index < -0.39 is 0 Å². The van der Waals surface area contributed by atoms with Gasteiger partial charge in [-0.25, -0.2) is 4.39 Å². The summed E-state index contributed by atoms with van der Waals surface area (Å²) in [6.45, 7) is 4.40. The summed E-state index contributed by atoms with van der Waals surface area (Å²) in [7, 11) is 0. The van der Waals surface area contributed by atoms with E-state index in [9.17, 15) is 9.18 Å². The number of amides is 1. The summed E-state index contributed by atoms with van der Waals surface area (Å²) in [6, 6.07) is 12.3. The summed E-state index contributed by atoms with van der Waals surface area (Å²) in [4.78, 5) is 15.8. The summed E-state index contributed by atoms with van der Waals surface area (Å²) in [5.74, 6) is 0.564. The number of rotatable bonds is 8. The highest BCUT2D eigenvalue weighted by Crippen LogP contribution is 2.26. The third kappa shape index (κ3) is 4.83. The molecule has 0 atom stereocenters. The average molecular weight is 386 g/mol. The molecule has 0 bridgehead atoms. The molecule has 27 heavy (non-hydrogen) atoms. The summed E-state index contributed by atoms with van der Waals surface area (Å²) >= 11 is 1.70. The Bertz CT molecular complexity index is 938. The van der Waals surface area contributed by atoms with Crippen molar-refractivity contribution in [2.75, 3.05) is 10.5 Å². The maximum atomic E-state index is 13.3. The lowest BCUT2D eigenvalue weighted by Gasteiger charge is -2.05. The van der Waals surface area contributed by atoms with Crippen LogP contribution in [0.3, 0.4) is 0 Å². The number of hydrogen-bond acceptors (Lipinski definition) is 3. The zero-order chi connectivity index (χ0) is 19.2. The van der Waals surface area contributed by atoms with Gasteiger partial charge in [-0.15, -0.1) is 0 Å². The molecule has 1 amide bonds. The van der Waals surface area contributed by atoms with E-state index in [1.807, 2.05) is 19.1 Å². The number of halogens is 1. The number of anilines is 1. The Balaban J connectivity index is 1.70. The first-order valence-corrected chi connectivity index (χ1v) is 10.1. The van der Waals surface area contributed by atoms with Crippen molar-refractivity contribution in [3.63, 3.8) is 0 Å². The number of carbonyl (C=O) groups excluding carboxylic acids is 1. The van der Waals surface area contributed by atoms with Gasteiger partial charge >= 0.3 is 0 Å². The molecule has 0 aliphatic rings. The standard InChI is InChI=1S/C21H24FN3OS/c1-3-4-10-27-25-17-8-9-19-18(12-17)14(2)20(24-19)21(26)23-13-15-6-5-7-16(22)11-15/h5-9,11-12,24-25H,3-4,10,13H2,1-2H3,(H,23,26). The van der Waals surface area contributed by atoms with Crippen molar-refractivity contribution in [3.8, 4) is 0 Å². The highest BCUT2D eigenvalue weighted by atomic mass is 32.2. The molecule has 0 aliphatic carbocycles. The Hall–Kier alpha value is -2.47. The second kappa shape index (κ2) is 8.95. The molecule has 6 heteroatoms. The third-order valence-corrected chi connectivity index (χ3v) is 5.29. The largest absolute Gasteiger partial charge is 0.350 e. The van der Waals surface area contributed by atoms with Crippen LogP contribution in [-0.4, -0.2) is 16.6 Å². The summed E-state index contributed by atoms with van der Waals surface area (Å²) in [5.41, 5.74) is 4.12. The topological polar surface area (TPSA) is 56.9 Å². The number of aryl methyl sites for hydroxylation is 1. The maximum Gasteiger partial charge on any atom is 0.268 e. The fraction of sp³-hybridized carbons (Fsp3) is 0.286. The van der Waals surface area contributed by atoms with Crippen molar-refractivity contribution >= 4 is 34.4 Å². The van der Waals surface area contributed by atoms with Crippen molar-refractivity contribution in [2.45, 2.75) is 33.2 Å². The van der Waals surface area contributed by atoms with Crippen LogP contribution < -0.4 is 10.0 Å². The Morgan fingerprint density at radius 1 is 1.22 bits per heavy atom. The monoisotopic (exact) mass is 385 g/mol. The first-order valence-electron chi connectivity index (χ1n) is 9.11. The molecule has 0 saturated heterocycles. The van der Waals surface area contributed by atoms with E-state index in [1.54, 1.807) is 24.1 Å². The van der Waals surface area contributed by atoms with Crippen molar-refractivity contribution in [1.82, 2.24) is 10.3 Å². The van der Waals surface area contributed by atoms with Crippen LogP contribution in [0.2, 0.25) is 0 Å². The lowest BCUT2D eigenvalue weighted by atomic mass is 10.1. The molecule has 0 spiro atoms. The molecule has 3 aromatic rings. The summed E-state index contributed by atoms with van der Waals surface area (Å²) in [6.07, 6.45) is 2.36. The van der Waals surface area contributed by atoms with Crippen LogP contribution in [0.25, 0.3) is 10.9 Å². The normalized spacial score (nSPS) is 10.9. The molecule has 3 N–H and O–H groups in total. The van der Waals surface area contributed by atoms with Crippen LogP contribution in [0.1, 0.15) is 41.4 Å². The van der Waals surface area contributed by atoms with Gasteiger partial charge in [0.2, 0.25) is 0 Å². The SMILES string of the molecule is CCCCSNc1ccc2[nH]c(C(=O)NCc3cccc(F)c3)c(C)c2c1. The number of aromatic nitrogens is 1. The van der Waals surface area contributed by atoms with E-state index in [2.05, 4.69) is 28.0 Å². The van der Waals surface area contributed by atoms with Crippen LogP contribution in [0.4, 0.5) is 10.1 Å². The molecule has 1 aromatic heterocycles. The van der Waals surface area contributed by atoms with Crippen LogP contribution in [-0.2, 0) is 6.54 Å². The number of unbranched alkanes of at least 4 members (excludes halogenated alkanes) is 1. The van der Waals surface area contributed by atoms with Crippen LogP contribution >= 0.6 is 11.9 Å². The number of fused-ring (bicyclic) bond motifs is 1. The quantitative estimate of drug-likeness (QED) is 0.359. The molecule has 3 rings (SSSR count). The minimum absolute atomic E-state index is 0.195. The Kier molecular flexibility index (Phi) is 6.40. The van der Waals surface area contributed by atoms with E-state index >= 15 is 0 Å². The second-order valence-electron chi connectivity index (χ2n) is 6.50. The predicted molar refractivity (Wildman–Crippen MR) is 112 cm³/mol. The average Bonchev–Trinajstić information content (AvgIpc) is 3.00. The number of benzene rings is 2. The van der Waals surface area contributed by atoms with Gasteiger partial charge in [-0.3, -0.25) is 4.79 Å². The molecule has 0 unspecified atom stereocenters. The van der Waals surface area contributed by atoms with Gasteiger partial charge < -0.3 is 15.0 Å². The zero-order valence-corrected chi connectivity index (χ0v) is 16.4. The number of H-pyrrole nitrogens is 1. The van der Waals surface area contributed by atoms with E-state index in [0.29, 0.717) is 5.69 Å². The van der Waals surface area contributed by atoms with Gasteiger partial charge in [0.1, 0.15) is 11.5 Å². The minimum Gasteiger partial charge on any atom is -0.350 e. The van der Waals surface area contributed by atoms with Gasteiger partial charge in [-0.2, -0.15) is 0 Å². The smallest absolute Gasteiger partial charge is 0.268 e. The van der Waals surface area contributed by atoms with Crippen molar-refractivity contribution in [2.24, 2.45) is 0 Å². The van der Waals surface area contributed by atoms with Gasteiger partial charge in [0.25, 0.3) is 5.91 Å². The molecule has 142 valence electrons. The van der Waals surface area contributed by atoms with E-state index in [-0.39, 0.29) is 18.3 Å². The maximum absolute atomic E-state index is 13.3. The molecule has 1 heterocycles. The second-order valence-corrected chi connectivity index (χ2v) is 7.40. The lowest BCUT2D eigenvalue weighted by Crippen LogP contribution is -2.23. The first kappa shape index (κ1) is 19.3. The van der Waals surface area contributed by atoms with E-state index in [4.69, 9.17) is 0 Å².